The van der Waals surface area contributed by atoms with Crippen molar-refractivity contribution < 1.29 is 0 Å². The Morgan fingerprint density at radius 1 is 1.30 bits per heavy atom. The predicted molar refractivity (Wildman–Crippen MR) is 76.4 cm³/mol. The topological polar surface area (TPSA) is 96.6 Å². The second-order valence-electron chi connectivity index (χ2n) is 5.18. The highest BCUT2D eigenvalue weighted by Crippen LogP contribution is 2.29. The number of rotatable bonds is 1. The second kappa shape index (κ2) is 4.38. The summed E-state index contributed by atoms with van der Waals surface area (Å²) in [5, 5.41) is 10.3. The quantitative estimate of drug-likeness (QED) is 0.679. The fourth-order valence-electron chi connectivity index (χ4n) is 2.87. The molecule has 0 amide bonds. The van der Waals surface area contributed by atoms with Crippen LogP contribution in [0, 0.1) is 0 Å². The number of anilines is 1. The molecule has 0 aliphatic carbocycles. The normalized spacial score (nSPS) is 19.9. The Morgan fingerprint density at radius 2 is 2.25 bits per heavy atom. The molecule has 1 aliphatic heterocycles. The van der Waals surface area contributed by atoms with Gasteiger partial charge in [-0.25, -0.2) is 9.97 Å². The molecule has 4 rings (SSSR count). The average molecular weight is 269 g/mol. The molecule has 20 heavy (non-hydrogen) atoms. The Morgan fingerprint density at radius 3 is 3.15 bits per heavy atom. The summed E-state index contributed by atoms with van der Waals surface area (Å²) in [5.41, 5.74) is 7.47. The summed E-state index contributed by atoms with van der Waals surface area (Å²) in [6, 6.07) is 2.19. The molecule has 3 aromatic rings. The van der Waals surface area contributed by atoms with Gasteiger partial charge >= 0.3 is 0 Å². The zero-order valence-corrected chi connectivity index (χ0v) is 11.0. The minimum absolute atomic E-state index is 0.199. The van der Waals surface area contributed by atoms with E-state index in [0.29, 0.717) is 5.65 Å². The van der Waals surface area contributed by atoms with Crippen molar-refractivity contribution in [1.82, 2.24) is 25.1 Å². The lowest BCUT2D eigenvalue weighted by Gasteiger charge is -2.32. The van der Waals surface area contributed by atoms with Crippen molar-refractivity contribution in [2.24, 2.45) is 5.73 Å². The minimum Gasteiger partial charge on any atom is -0.354 e. The number of aromatic nitrogens is 5. The van der Waals surface area contributed by atoms with E-state index in [9.17, 15) is 0 Å². The van der Waals surface area contributed by atoms with Gasteiger partial charge in [-0.05, 0) is 18.9 Å². The van der Waals surface area contributed by atoms with Gasteiger partial charge in [-0.3, -0.25) is 0 Å². The maximum absolute atomic E-state index is 6.08. The number of piperidine rings is 1. The fraction of sp³-hybridized carbons (Fsp3) is 0.385. The molecular weight excluding hydrogens is 254 g/mol. The molecule has 0 radical (unpaired) electrons. The molecule has 4 heterocycles. The van der Waals surface area contributed by atoms with Gasteiger partial charge in [-0.15, -0.1) is 10.2 Å². The summed E-state index contributed by atoms with van der Waals surface area (Å²) in [5.74, 6) is 0.907. The van der Waals surface area contributed by atoms with Crippen LogP contribution < -0.4 is 10.6 Å². The van der Waals surface area contributed by atoms with Crippen LogP contribution in [-0.4, -0.2) is 44.3 Å². The van der Waals surface area contributed by atoms with Crippen LogP contribution in [0.15, 0.2) is 18.6 Å². The van der Waals surface area contributed by atoms with E-state index in [0.717, 1.165) is 48.2 Å². The average Bonchev–Trinajstić information content (AvgIpc) is 2.95. The first kappa shape index (κ1) is 11.5. The van der Waals surface area contributed by atoms with Crippen LogP contribution in [0.2, 0.25) is 0 Å². The third-order valence-corrected chi connectivity index (χ3v) is 3.80. The van der Waals surface area contributed by atoms with Crippen molar-refractivity contribution in [2.75, 3.05) is 18.0 Å². The van der Waals surface area contributed by atoms with Gasteiger partial charge in [-0.1, -0.05) is 0 Å². The van der Waals surface area contributed by atoms with E-state index >= 15 is 0 Å². The molecule has 0 bridgehead atoms. The molecule has 3 N–H and O–H groups in total. The Hall–Kier alpha value is -2.28. The highest BCUT2D eigenvalue weighted by Gasteiger charge is 2.21. The van der Waals surface area contributed by atoms with E-state index in [4.69, 9.17) is 5.73 Å². The highest BCUT2D eigenvalue weighted by molar-refractivity contribution is 6.07. The maximum atomic E-state index is 6.08. The predicted octanol–water partition coefficient (Wildman–Crippen LogP) is 0.829. The summed E-state index contributed by atoms with van der Waals surface area (Å²) in [7, 11) is 0. The van der Waals surface area contributed by atoms with E-state index in [-0.39, 0.29) is 6.04 Å². The first-order valence-electron chi connectivity index (χ1n) is 6.78. The van der Waals surface area contributed by atoms with Gasteiger partial charge in [0.1, 0.15) is 12.1 Å². The summed E-state index contributed by atoms with van der Waals surface area (Å²) in [6.45, 7) is 1.79. The van der Waals surface area contributed by atoms with Gasteiger partial charge in [0.15, 0.2) is 11.3 Å². The van der Waals surface area contributed by atoms with E-state index in [1.165, 1.54) is 0 Å². The molecule has 0 spiro atoms. The lowest BCUT2D eigenvalue weighted by molar-refractivity contribution is 0.504. The molecule has 102 valence electrons. The van der Waals surface area contributed by atoms with Crippen LogP contribution in [0.5, 0.6) is 0 Å². The first-order valence-corrected chi connectivity index (χ1v) is 6.78. The maximum Gasteiger partial charge on any atom is 0.187 e. The van der Waals surface area contributed by atoms with Crippen molar-refractivity contribution in [3.05, 3.63) is 18.6 Å². The standard InChI is InChI=1S/C13H15N7/c14-8-2-1-5-20(6-8)13-10-9-3-4-15-11(9)18-19-12(10)16-7-17-13/h3-4,7-8H,1-2,5-6,14H2,(H,15,18). The van der Waals surface area contributed by atoms with E-state index in [1.54, 1.807) is 6.33 Å². The van der Waals surface area contributed by atoms with Crippen LogP contribution in [0.1, 0.15) is 12.8 Å². The molecule has 7 heteroatoms. The van der Waals surface area contributed by atoms with Gasteiger partial charge in [0.2, 0.25) is 0 Å². The Balaban J connectivity index is 1.96. The molecule has 1 aliphatic rings. The molecule has 1 fully saturated rings. The minimum atomic E-state index is 0.199. The van der Waals surface area contributed by atoms with Crippen molar-refractivity contribution in [1.29, 1.82) is 0 Å². The number of fused-ring (bicyclic) bond motifs is 3. The van der Waals surface area contributed by atoms with Gasteiger partial charge in [0.25, 0.3) is 0 Å². The van der Waals surface area contributed by atoms with Crippen LogP contribution in [0.4, 0.5) is 5.82 Å². The molecule has 0 saturated carbocycles. The number of aromatic amines is 1. The molecule has 1 atom stereocenters. The summed E-state index contributed by atoms with van der Waals surface area (Å²) >= 11 is 0. The van der Waals surface area contributed by atoms with Gasteiger partial charge < -0.3 is 15.6 Å². The van der Waals surface area contributed by atoms with Crippen LogP contribution >= 0.6 is 0 Å². The van der Waals surface area contributed by atoms with Crippen LogP contribution in [0.3, 0.4) is 0 Å². The number of nitrogens with zero attached hydrogens (tertiary/aromatic N) is 5. The molecule has 0 aromatic carbocycles. The van der Waals surface area contributed by atoms with E-state index in [2.05, 4.69) is 30.0 Å². The van der Waals surface area contributed by atoms with Crippen molar-refractivity contribution in [3.8, 4) is 0 Å². The number of nitrogens with two attached hydrogens (primary N) is 1. The van der Waals surface area contributed by atoms with Gasteiger partial charge in [-0.2, -0.15) is 0 Å². The third kappa shape index (κ3) is 1.70. The monoisotopic (exact) mass is 269 g/mol. The van der Waals surface area contributed by atoms with Crippen molar-refractivity contribution in [3.63, 3.8) is 0 Å². The fourth-order valence-corrected chi connectivity index (χ4v) is 2.87. The van der Waals surface area contributed by atoms with E-state index < -0.39 is 0 Å². The summed E-state index contributed by atoms with van der Waals surface area (Å²) < 4.78 is 0. The smallest absolute Gasteiger partial charge is 0.187 e. The zero-order valence-electron chi connectivity index (χ0n) is 11.0. The van der Waals surface area contributed by atoms with Crippen molar-refractivity contribution in [2.45, 2.75) is 18.9 Å². The van der Waals surface area contributed by atoms with E-state index in [1.807, 2.05) is 12.3 Å². The summed E-state index contributed by atoms with van der Waals surface area (Å²) in [4.78, 5) is 14.0. The molecule has 1 saturated heterocycles. The number of H-pyrrole nitrogens is 1. The van der Waals surface area contributed by atoms with Gasteiger partial charge in [0.05, 0.1) is 5.39 Å². The number of hydrogen-bond acceptors (Lipinski definition) is 6. The SMILES string of the molecule is NC1CCCN(c2ncnc3nnc4[nH]ccc4c23)C1. The lowest BCUT2D eigenvalue weighted by atomic mass is 10.1. The van der Waals surface area contributed by atoms with Gasteiger partial charge in [0, 0.05) is 30.7 Å². The highest BCUT2D eigenvalue weighted by atomic mass is 15.2. The molecule has 1 unspecified atom stereocenters. The number of hydrogen-bond donors (Lipinski definition) is 2. The molecule has 7 nitrogen and oxygen atoms in total. The van der Waals surface area contributed by atoms with Crippen LogP contribution in [-0.2, 0) is 0 Å². The largest absolute Gasteiger partial charge is 0.354 e. The van der Waals surface area contributed by atoms with Crippen LogP contribution in [0.25, 0.3) is 22.1 Å². The number of nitrogens with one attached hydrogen (secondary N) is 1. The Kier molecular flexibility index (Phi) is 2.53. The Bertz CT molecular complexity index is 766. The second-order valence-corrected chi connectivity index (χ2v) is 5.18. The lowest BCUT2D eigenvalue weighted by Crippen LogP contribution is -2.43. The third-order valence-electron chi connectivity index (χ3n) is 3.80. The Labute approximate surface area is 115 Å². The zero-order chi connectivity index (χ0) is 13.5. The van der Waals surface area contributed by atoms with Crippen molar-refractivity contribution >= 4 is 27.9 Å². The summed E-state index contributed by atoms with van der Waals surface area (Å²) in [6.07, 6.45) is 5.56. The molecular formula is C13H15N7. The first-order chi connectivity index (χ1) is 9.83. The molecule has 3 aromatic heterocycles.